The highest BCUT2D eigenvalue weighted by Gasteiger charge is 2.12. The molecule has 0 bridgehead atoms. The highest BCUT2D eigenvalue weighted by atomic mass is 35.5. The molecule has 1 nitrogen and oxygen atoms in total. The van der Waals surface area contributed by atoms with Gasteiger partial charge < -0.3 is 5.32 Å². The summed E-state index contributed by atoms with van der Waals surface area (Å²) < 4.78 is 13.3. The summed E-state index contributed by atoms with van der Waals surface area (Å²) in [5, 5.41) is 3.56. The van der Waals surface area contributed by atoms with E-state index in [4.69, 9.17) is 11.6 Å². The Labute approximate surface area is 137 Å². The van der Waals surface area contributed by atoms with E-state index in [1.54, 1.807) is 6.07 Å². The predicted molar refractivity (Wildman–Crippen MR) is 92.0 cm³/mol. The Kier molecular flexibility index (Phi) is 5.60. The lowest BCUT2D eigenvalue weighted by atomic mass is 9.87. The molecule has 2 aromatic carbocycles. The molecule has 0 unspecified atom stereocenters. The molecule has 0 saturated heterocycles. The van der Waals surface area contributed by atoms with E-state index in [0.29, 0.717) is 0 Å². The Hall–Kier alpha value is -1.38. The Balaban J connectivity index is 1.80. The van der Waals surface area contributed by atoms with Crippen molar-refractivity contribution in [3.05, 3.63) is 70.0 Å². The monoisotopic (exact) mass is 319 g/mol. The van der Waals surface area contributed by atoms with E-state index in [9.17, 15) is 4.39 Å². The fourth-order valence-electron chi connectivity index (χ4n) is 2.28. The van der Waals surface area contributed by atoms with Gasteiger partial charge in [-0.25, -0.2) is 4.39 Å². The van der Waals surface area contributed by atoms with E-state index in [1.807, 2.05) is 6.07 Å². The zero-order valence-corrected chi connectivity index (χ0v) is 14.2. The highest BCUT2D eigenvalue weighted by Crippen LogP contribution is 2.22. The Morgan fingerprint density at radius 3 is 2.23 bits per heavy atom. The Morgan fingerprint density at radius 2 is 1.64 bits per heavy atom. The minimum atomic E-state index is -0.350. The van der Waals surface area contributed by atoms with Gasteiger partial charge in [0, 0.05) is 6.54 Å². The third-order valence-electron chi connectivity index (χ3n) is 3.72. The number of hydrogen-bond donors (Lipinski definition) is 1. The molecule has 0 aliphatic carbocycles. The first-order valence-corrected chi connectivity index (χ1v) is 7.98. The van der Waals surface area contributed by atoms with Crippen molar-refractivity contribution in [2.45, 2.75) is 39.2 Å². The SMILES string of the molecule is CC(C)(C)c1ccc(CNCCc2ccc(Cl)c(F)c2)cc1. The summed E-state index contributed by atoms with van der Waals surface area (Å²) in [6, 6.07) is 13.7. The highest BCUT2D eigenvalue weighted by molar-refractivity contribution is 6.30. The lowest BCUT2D eigenvalue weighted by Crippen LogP contribution is -2.17. The van der Waals surface area contributed by atoms with Gasteiger partial charge >= 0.3 is 0 Å². The van der Waals surface area contributed by atoms with Gasteiger partial charge in [0.25, 0.3) is 0 Å². The smallest absolute Gasteiger partial charge is 0.142 e. The molecule has 0 aliphatic heterocycles. The van der Waals surface area contributed by atoms with Crippen LogP contribution in [0, 0.1) is 5.82 Å². The fraction of sp³-hybridized carbons (Fsp3) is 0.368. The Bertz CT molecular complexity index is 614. The third-order valence-corrected chi connectivity index (χ3v) is 4.03. The summed E-state index contributed by atoms with van der Waals surface area (Å²) in [5.74, 6) is -0.350. The van der Waals surface area contributed by atoms with Crippen molar-refractivity contribution in [3.63, 3.8) is 0 Å². The van der Waals surface area contributed by atoms with Crippen LogP contribution in [-0.4, -0.2) is 6.54 Å². The molecule has 0 fully saturated rings. The zero-order chi connectivity index (χ0) is 16.2. The molecular formula is C19H23ClFN. The lowest BCUT2D eigenvalue weighted by molar-refractivity contribution is 0.589. The van der Waals surface area contributed by atoms with Crippen molar-refractivity contribution in [2.24, 2.45) is 0 Å². The van der Waals surface area contributed by atoms with Gasteiger partial charge in [-0.3, -0.25) is 0 Å². The largest absolute Gasteiger partial charge is 0.312 e. The summed E-state index contributed by atoms with van der Waals surface area (Å²) >= 11 is 5.68. The molecule has 0 saturated carbocycles. The van der Waals surface area contributed by atoms with Gasteiger partial charge in [-0.15, -0.1) is 0 Å². The molecule has 0 spiro atoms. The molecule has 3 heteroatoms. The number of nitrogens with one attached hydrogen (secondary N) is 1. The van der Waals surface area contributed by atoms with Gasteiger partial charge in [0.1, 0.15) is 5.82 Å². The van der Waals surface area contributed by atoms with Crippen LogP contribution in [0.4, 0.5) is 4.39 Å². The maximum absolute atomic E-state index is 13.3. The molecule has 0 amide bonds. The van der Waals surface area contributed by atoms with Crippen LogP contribution in [0.2, 0.25) is 5.02 Å². The quantitative estimate of drug-likeness (QED) is 0.755. The van der Waals surface area contributed by atoms with Crippen LogP contribution >= 0.6 is 11.6 Å². The lowest BCUT2D eigenvalue weighted by Gasteiger charge is -2.19. The van der Waals surface area contributed by atoms with E-state index in [1.165, 1.54) is 17.2 Å². The number of rotatable bonds is 5. The normalized spacial score (nSPS) is 11.7. The van der Waals surface area contributed by atoms with E-state index in [-0.39, 0.29) is 16.3 Å². The van der Waals surface area contributed by atoms with E-state index in [2.05, 4.69) is 50.4 Å². The standard InChI is InChI=1S/C19H23ClFN/c1-19(2,3)16-7-4-15(5-8-16)13-22-11-10-14-6-9-17(20)18(21)12-14/h4-9,12,22H,10-11,13H2,1-3H3. The average Bonchev–Trinajstić information content (AvgIpc) is 2.47. The van der Waals surface area contributed by atoms with E-state index >= 15 is 0 Å². The number of hydrogen-bond acceptors (Lipinski definition) is 1. The predicted octanol–water partition coefficient (Wildman–Crippen LogP) is 5.11. The van der Waals surface area contributed by atoms with Crippen LogP contribution in [0.3, 0.4) is 0 Å². The van der Waals surface area contributed by atoms with Crippen molar-refractivity contribution in [1.82, 2.24) is 5.32 Å². The summed E-state index contributed by atoms with van der Waals surface area (Å²) in [4.78, 5) is 0. The van der Waals surface area contributed by atoms with Gasteiger partial charge in [0.15, 0.2) is 0 Å². The first kappa shape index (κ1) is 17.0. The number of halogens is 2. The van der Waals surface area contributed by atoms with Crippen molar-refractivity contribution >= 4 is 11.6 Å². The molecular weight excluding hydrogens is 297 g/mol. The summed E-state index contributed by atoms with van der Waals surface area (Å²) in [5.41, 5.74) is 3.74. The topological polar surface area (TPSA) is 12.0 Å². The van der Waals surface area contributed by atoms with Gasteiger partial charge in [-0.1, -0.05) is 62.7 Å². The van der Waals surface area contributed by atoms with Crippen LogP contribution in [0.15, 0.2) is 42.5 Å². The molecule has 1 N–H and O–H groups in total. The summed E-state index contributed by atoms with van der Waals surface area (Å²) in [7, 11) is 0. The number of benzene rings is 2. The molecule has 2 aromatic rings. The molecule has 0 heterocycles. The third kappa shape index (κ3) is 4.82. The van der Waals surface area contributed by atoms with Crippen LogP contribution in [0.1, 0.15) is 37.5 Å². The molecule has 2 rings (SSSR count). The first-order chi connectivity index (χ1) is 10.4. The van der Waals surface area contributed by atoms with Crippen molar-refractivity contribution in [2.75, 3.05) is 6.54 Å². The Morgan fingerprint density at radius 1 is 1.00 bits per heavy atom. The summed E-state index contributed by atoms with van der Waals surface area (Å²) in [6.07, 6.45) is 0.786. The zero-order valence-electron chi connectivity index (χ0n) is 13.4. The maximum atomic E-state index is 13.3. The minimum absolute atomic E-state index is 0.177. The second-order valence-corrected chi connectivity index (χ2v) is 7.03. The van der Waals surface area contributed by atoms with Crippen molar-refractivity contribution in [1.29, 1.82) is 0 Å². The summed E-state index contributed by atoms with van der Waals surface area (Å²) in [6.45, 7) is 8.27. The van der Waals surface area contributed by atoms with Gasteiger partial charge in [-0.05, 0) is 47.2 Å². The fourth-order valence-corrected chi connectivity index (χ4v) is 2.40. The van der Waals surface area contributed by atoms with Crippen LogP contribution < -0.4 is 5.32 Å². The molecule has 0 radical (unpaired) electrons. The molecule has 0 atom stereocenters. The van der Waals surface area contributed by atoms with Crippen molar-refractivity contribution < 1.29 is 4.39 Å². The van der Waals surface area contributed by atoms with Gasteiger partial charge in [-0.2, -0.15) is 0 Å². The maximum Gasteiger partial charge on any atom is 0.142 e. The van der Waals surface area contributed by atoms with Crippen LogP contribution in [-0.2, 0) is 18.4 Å². The van der Waals surface area contributed by atoms with Gasteiger partial charge in [0.2, 0.25) is 0 Å². The first-order valence-electron chi connectivity index (χ1n) is 7.60. The minimum Gasteiger partial charge on any atom is -0.312 e. The van der Waals surface area contributed by atoms with E-state index < -0.39 is 0 Å². The molecule has 0 aromatic heterocycles. The average molecular weight is 320 g/mol. The van der Waals surface area contributed by atoms with E-state index in [0.717, 1.165) is 25.1 Å². The second-order valence-electron chi connectivity index (χ2n) is 6.62. The molecule has 22 heavy (non-hydrogen) atoms. The van der Waals surface area contributed by atoms with Crippen LogP contribution in [0.25, 0.3) is 0 Å². The molecule has 0 aliphatic rings. The molecule has 118 valence electrons. The van der Waals surface area contributed by atoms with Crippen LogP contribution in [0.5, 0.6) is 0 Å². The second kappa shape index (κ2) is 7.26. The van der Waals surface area contributed by atoms with Gasteiger partial charge in [0.05, 0.1) is 5.02 Å². The van der Waals surface area contributed by atoms with Crippen molar-refractivity contribution in [3.8, 4) is 0 Å².